The summed E-state index contributed by atoms with van der Waals surface area (Å²) in [6, 6.07) is 10.3. The highest BCUT2D eigenvalue weighted by Gasteiger charge is 2.27. The molecule has 0 bridgehead atoms. The third kappa shape index (κ3) is 2.91. The molecule has 1 atom stereocenters. The van der Waals surface area contributed by atoms with E-state index >= 15 is 0 Å². The van der Waals surface area contributed by atoms with Crippen molar-refractivity contribution in [3.8, 4) is 0 Å². The fourth-order valence-corrected chi connectivity index (χ4v) is 5.20. The molecule has 1 aromatic carbocycles. The summed E-state index contributed by atoms with van der Waals surface area (Å²) in [6.45, 7) is 2.23. The molecule has 27 heavy (non-hydrogen) atoms. The van der Waals surface area contributed by atoms with Crippen LogP contribution in [0.15, 0.2) is 48.0 Å². The van der Waals surface area contributed by atoms with Crippen molar-refractivity contribution in [3.05, 3.63) is 64.0 Å². The molecule has 0 aliphatic carbocycles. The van der Waals surface area contributed by atoms with Gasteiger partial charge in [0.05, 0.1) is 10.4 Å². The Bertz CT molecular complexity index is 1030. The fraction of sp³-hybridized carbons (Fsp3) is 0.318. The molecule has 0 spiro atoms. The Morgan fingerprint density at radius 3 is 3.00 bits per heavy atom. The first-order valence-electron chi connectivity index (χ1n) is 9.62. The lowest BCUT2D eigenvalue weighted by Gasteiger charge is -2.38. The molecule has 5 rings (SSSR count). The van der Waals surface area contributed by atoms with Crippen molar-refractivity contribution in [2.45, 2.75) is 31.7 Å². The fourth-order valence-electron chi connectivity index (χ4n) is 4.52. The summed E-state index contributed by atoms with van der Waals surface area (Å²) in [4.78, 5) is 16.2. The van der Waals surface area contributed by atoms with Crippen molar-refractivity contribution < 1.29 is 4.79 Å². The highest BCUT2D eigenvalue weighted by molar-refractivity contribution is 7.12. The molecule has 4 nitrogen and oxygen atoms in total. The molecule has 1 saturated heterocycles. The normalized spacial score (nSPS) is 20.4. The number of hydrogen-bond donors (Lipinski definition) is 1. The second kappa shape index (κ2) is 6.66. The summed E-state index contributed by atoms with van der Waals surface area (Å²) >= 11 is 1.48. The van der Waals surface area contributed by atoms with Crippen molar-refractivity contribution in [1.29, 1.82) is 0 Å². The minimum absolute atomic E-state index is 0.0821. The van der Waals surface area contributed by atoms with Gasteiger partial charge in [0.1, 0.15) is 0 Å². The largest absolute Gasteiger partial charge is 0.339 e. The van der Waals surface area contributed by atoms with Gasteiger partial charge in [0, 0.05) is 35.3 Å². The van der Waals surface area contributed by atoms with E-state index in [1.165, 1.54) is 48.3 Å². The number of fused-ring (bicyclic) bond motifs is 2. The van der Waals surface area contributed by atoms with Gasteiger partial charge < -0.3 is 5.84 Å². The molecular formula is C22H23N3OS. The van der Waals surface area contributed by atoms with Crippen LogP contribution in [0, 0.1) is 0 Å². The highest BCUT2D eigenvalue weighted by atomic mass is 32.1. The third-order valence-electron chi connectivity index (χ3n) is 5.96. The van der Waals surface area contributed by atoms with Crippen molar-refractivity contribution >= 4 is 33.6 Å². The summed E-state index contributed by atoms with van der Waals surface area (Å²) < 4.78 is 1.69. The van der Waals surface area contributed by atoms with Gasteiger partial charge in [-0.15, -0.1) is 11.3 Å². The quantitative estimate of drug-likeness (QED) is 0.547. The van der Waals surface area contributed by atoms with Gasteiger partial charge in [0.2, 0.25) is 5.78 Å². The number of aromatic nitrogens is 1. The molecule has 0 radical (unpaired) electrons. The van der Waals surface area contributed by atoms with Crippen molar-refractivity contribution in [2.75, 3.05) is 18.9 Å². The molecule has 0 saturated carbocycles. The van der Waals surface area contributed by atoms with Crippen molar-refractivity contribution in [3.63, 3.8) is 0 Å². The molecular weight excluding hydrogens is 354 g/mol. The zero-order chi connectivity index (χ0) is 18.4. The highest BCUT2D eigenvalue weighted by Crippen LogP contribution is 2.35. The van der Waals surface area contributed by atoms with Crippen LogP contribution in [0.2, 0.25) is 0 Å². The van der Waals surface area contributed by atoms with Gasteiger partial charge >= 0.3 is 0 Å². The monoisotopic (exact) mass is 377 g/mol. The molecule has 2 aliphatic rings. The Morgan fingerprint density at radius 1 is 1.22 bits per heavy atom. The zero-order valence-corrected chi connectivity index (χ0v) is 16.0. The summed E-state index contributed by atoms with van der Waals surface area (Å²) in [7, 11) is 0. The Kier molecular flexibility index (Phi) is 4.14. The van der Waals surface area contributed by atoms with Crippen LogP contribution in [0.3, 0.4) is 0 Å². The Morgan fingerprint density at radius 2 is 2.15 bits per heavy atom. The second-order valence-electron chi connectivity index (χ2n) is 7.57. The minimum Gasteiger partial charge on any atom is -0.339 e. The Hall–Kier alpha value is -2.37. The number of hydrogen-bond acceptors (Lipinski definition) is 4. The summed E-state index contributed by atoms with van der Waals surface area (Å²) in [6.07, 6.45) is 9.37. The SMILES string of the molecule is Nn1cc(C2=CCN3CCCCC3C2)c2cc(C(=O)c3cccs3)ccc21. The molecule has 5 heteroatoms. The number of rotatable bonds is 3. The van der Waals surface area contributed by atoms with E-state index in [4.69, 9.17) is 5.84 Å². The number of thiophene rings is 1. The first-order valence-corrected chi connectivity index (χ1v) is 10.5. The van der Waals surface area contributed by atoms with Crippen LogP contribution < -0.4 is 5.84 Å². The number of ketones is 1. The van der Waals surface area contributed by atoms with Crippen LogP contribution in [0.25, 0.3) is 16.5 Å². The zero-order valence-electron chi connectivity index (χ0n) is 15.2. The Balaban J connectivity index is 1.55. The van der Waals surface area contributed by atoms with E-state index in [-0.39, 0.29) is 5.78 Å². The maximum Gasteiger partial charge on any atom is 0.202 e. The molecule has 1 unspecified atom stereocenters. The molecule has 2 aliphatic heterocycles. The van der Waals surface area contributed by atoms with E-state index in [2.05, 4.69) is 11.0 Å². The summed E-state index contributed by atoms with van der Waals surface area (Å²) in [5.74, 6) is 6.31. The van der Waals surface area contributed by atoms with E-state index < -0.39 is 0 Å². The standard InChI is InChI=1S/C22H23N3OS/c23-25-14-19(15-8-10-24-9-2-1-4-17(24)12-15)18-13-16(6-7-20(18)25)22(26)21-5-3-11-27-21/h3,5-8,11,13-14,17H,1-2,4,9-10,12,23H2. The predicted molar refractivity (Wildman–Crippen MR) is 112 cm³/mol. The summed E-state index contributed by atoms with van der Waals surface area (Å²) in [5.41, 5.74) is 4.25. The van der Waals surface area contributed by atoms with Crippen LogP contribution in [-0.2, 0) is 0 Å². The molecule has 2 N–H and O–H groups in total. The van der Waals surface area contributed by atoms with Crippen LogP contribution in [-0.4, -0.2) is 34.5 Å². The van der Waals surface area contributed by atoms with Crippen molar-refractivity contribution in [2.24, 2.45) is 0 Å². The van der Waals surface area contributed by atoms with Gasteiger partial charge in [0.15, 0.2) is 0 Å². The topological polar surface area (TPSA) is 51.3 Å². The van der Waals surface area contributed by atoms with E-state index in [0.717, 1.165) is 34.3 Å². The van der Waals surface area contributed by atoms with Crippen LogP contribution in [0.4, 0.5) is 0 Å². The van der Waals surface area contributed by atoms with Gasteiger partial charge in [-0.3, -0.25) is 14.4 Å². The van der Waals surface area contributed by atoms with Crippen LogP contribution in [0.1, 0.15) is 46.5 Å². The van der Waals surface area contributed by atoms with E-state index in [1.807, 2.05) is 41.9 Å². The molecule has 138 valence electrons. The first kappa shape index (κ1) is 16.8. The lowest BCUT2D eigenvalue weighted by Crippen LogP contribution is -2.41. The maximum atomic E-state index is 12.8. The van der Waals surface area contributed by atoms with E-state index in [0.29, 0.717) is 6.04 Å². The maximum absolute atomic E-state index is 12.8. The smallest absolute Gasteiger partial charge is 0.202 e. The molecule has 0 amide bonds. The van der Waals surface area contributed by atoms with Crippen LogP contribution >= 0.6 is 11.3 Å². The average molecular weight is 378 g/mol. The van der Waals surface area contributed by atoms with E-state index in [1.54, 1.807) is 4.68 Å². The van der Waals surface area contributed by atoms with Gasteiger partial charge in [-0.05, 0) is 61.0 Å². The average Bonchev–Trinajstić information content (AvgIpc) is 3.35. The minimum atomic E-state index is 0.0821. The number of nitrogens with zero attached hydrogens (tertiary/aromatic N) is 2. The number of piperidine rings is 1. The summed E-state index contributed by atoms with van der Waals surface area (Å²) in [5, 5.41) is 3.02. The van der Waals surface area contributed by atoms with Crippen LogP contribution in [0.5, 0.6) is 0 Å². The second-order valence-corrected chi connectivity index (χ2v) is 8.51. The third-order valence-corrected chi connectivity index (χ3v) is 6.83. The molecule has 4 heterocycles. The molecule has 3 aromatic rings. The number of carbonyl (C=O) groups excluding carboxylic acids is 1. The van der Waals surface area contributed by atoms with Gasteiger partial charge in [-0.25, -0.2) is 0 Å². The first-order chi connectivity index (χ1) is 13.2. The molecule has 2 aromatic heterocycles. The van der Waals surface area contributed by atoms with E-state index in [9.17, 15) is 4.79 Å². The lowest BCUT2D eigenvalue weighted by atomic mass is 9.88. The number of benzene rings is 1. The van der Waals surface area contributed by atoms with Gasteiger partial charge in [-0.2, -0.15) is 0 Å². The number of nitrogen functional groups attached to an aromatic ring is 1. The number of nitrogens with two attached hydrogens (primary N) is 1. The molecule has 1 fully saturated rings. The van der Waals surface area contributed by atoms with Gasteiger partial charge in [-0.1, -0.05) is 18.6 Å². The van der Waals surface area contributed by atoms with Crippen molar-refractivity contribution in [1.82, 2.24) is 9.58 Å². The predicted octanol–water partition coefficient (Wildman–Crippen LogP) is 4.29. The lowest BCUT2D eigenvalue weighted by molar-refractivity contribution is 0.104. The number of carbonyl (C=O) groups is 1. The Labute approximate surface area is 162 Å². The van der Waals surface area contributed by atoms with Gasteiger partial charge in [0.25, 0.3) is 0 Å².